The summed E-state index contributed by atoms with van der Waals surface area (Å²) in [6.07, 6.45) is -1.32. The molecule has 0 aliphatic rings. The molecule has 1 rings (SSSR count). The number of carboxylic acid groups (broad SMARTS) is 2. The molecule has 20 N–H and O–H groups in total. The molecule has 0 aliphatic carbocycles. The summed E-state index contributed by atoms with van der Waals surface area (Å²) >= 11 is 1.28. The van der Waals surface area contributed by atoms with Gasteiger partial charge in [0.05, 0.1) is 18.9 Å². The van der Waals surface area contributed by atoms with Crippen LogP contribution in [0, 0.1) is 11.8 Å². The predicted molar refractivity (Wildman–Crippen MR) is 274 cm³/mol. The van der Waals surface area contributed by atoms with Gasteiger partial charge in [0.1, 0.15) is 48.3 Å². The van der Waals surface area contributed by atoms with Crippen LogP contribution in [0.2, 0.25) is 0 Å². The zero-order chi connectivity index (χ0) is 57.1. The molecule has 0 saturated heterocycles. The van der Waals surface area contributed by atoms with E-state index in [0.717, 1.165) is 0 Å². The van der Waals surface area contributed by atoms with Crippen molar-refractivity contribution in [3.8, 4) is 0 Å². The van der Waals surface area contributed by atoms with E-state index in [1.807, 2.05) is 5.32 Å². The van der Waals surface area contributed by atoms with Crippen molar-refractivity contribution >= 4 is 88.7 Å². The molecule has 0 spiro atoms. The van der Waals surface area contributed by atoms with E-state index in [1.165, 1.54) is 32.5 Å². The molecule has 29 heteroatoms. The van der Waals surface area contributed by atoms with Gasteiger partial charge in [0.2, 0.25) is 59.1 Å². The van der Waals surface area contributed by atoms with Gasteiger partial charge in [-0.3, -0.25) is 57.7 Å². The topological polar surface area (TPSA) is 484 Å². The SMILES string of the molecule is CSCC[C@H](NC(=O)[C@H](CCC(N)=O)NC(=O)[C@H](Cc1ccccc1)NC(=O)[C@@H](NC(=O)[C@H](C)N)C(C)C)C(=O)N[C@@H](CCCN=C(N)N)C(=O)N[C@@H](CC(N)=O)C(=O)N[C@H](C(=O)N[C@@H](CC(=O)O)C(=O)O)C(C)C. The van der Waals surface area contributed by atoms with Crippen LogP contribution in [0.15, 0.2) is 35.3 Å². The van der Waals surface area contributed by atoms with Crippen molar-refractivity contribution in [1.29, 1.82) is 0 Å². The number of benzene rings is 1. The Labute approximate surface area is 438 Å². The number of carbonyl (C=O) groups is 12. The Bertz CT molecular complexity index is 2200. The summed E-state index contributed by atoms with van der Waals surface area (Å²) in [5.41, 5.74) is 28.1. The fourth-order valence-corrected chi connectivity index (χ4v) is 7.37. The van der Waals surface area contributed by atoms with Crippen LogP contribution in [0.3, 0.4) is 0 Å². The summed E-state index contributed by atoms with van der Waals surface area (Å²) in [5.74, 6) is -14.0. The third-order valence-electron chi connectivity index (χ3n) is 11.0. The molecule has 418 valence electrons. The van der Waals surface area contributed by atoms with Gasteiger partial charge < -0.3 is 81.4 Å². The molecule has 0 heterocycles. The Balaban J connectivity index is 3.62. The number of hydrogen-bond acceptors (Lipinski definition) is 15. The van der Waals surface area contributed by atoms with Gasteiger partial charge in [0.25, 0.3) is 0 Å². The zero-order valence-electron chi connectivity index (χ0n) is 42.8. The molecule has 0 fully saturated rings. The number of aliphatic carboxylic acids is 2. The average molecular weight is 1080 g/mol. The van der Waals surface area contributed by atoms with Crippen LogP contribution in [0.25, 0.3) is 0 Å². The highest BCUT2D eigenvalue weighted by Crippen LogP contribution is 2.12. The molecular weight excluding hydrogens is 1000 g/mol. The standard InChI is InChI=1S/C46H74N14O14S/c1-22(2)35(59-37(65)24(5)47)43(71)57-29(19-25-11-8-7-9-12-25)41(69)54-27(14-15-32(48)61)39(67)55-28(16-18-75-6)40(68)53-26(13-10-17-52-46(50)51)38(66)56-30(20-33(49)62)42(70)60-36(23(3)4)44(72)58-31(45(73)74)21-34(63)64/h7-9,11-12,22-24,26-31,35-36H,10,13-21,47H2,1-6H3,(H2,48,61)(H2,49,62)(H,53,68)(H,54,69)(H,55,67)(H,56,66)(H,57,71)(H,58,72)(H,59,65)(H,60,70)(H,63,64)(H,73,74)(H4,50,51,52)/t24-,26-,27-,28-,29-,30-,31-,35-,36-/m0/s1. The van der Waals surface area contributed by atoms with Gasteiger partial charge in [0, 0.05) is 19.4 Å². The smallest absolute Gasteiger partial charge is 0.326 e. The molecule has 0 radical (unpaired) electrons. The van der Waals surface area contributed by atoms with E-state index in [4.69, 9.17) is 33.8 Å². The minimum atomic E-state index is -1.88. The maximum absolute atomic E-state index is 14.2. The molecule has 1 aromatic rings. The molecule has 75 heavy (non-hydrogen) atoms. The monoisotopic (exact) mass is 1080 g/mol. The Morgan fingerprint density at radius 3 is 1.41 bits per heavy atom. The van der Waals surface area contributed by atoms with E-state index in [-0.39, 0.29) is 50.4 Å². The third-order valence-corrected chi connectivity index (χ3v) is 11.6. The number of nitrogens with zero attached hydrogens (tertiary/aromatic N) is 1. The summed E-state index contributed by atoms with van der Waals surface area (Å²) in [4.78, 5) is 161. The van der Waals surface area contributed by atoms with Crippen LogP contribution in [0.5, 0.6) is 0 Å². The number of nitrogens with one attached hydrogen (secondary N) is 8. The second kappa shape index (κ2) is 33.3. The van der Waals surface area contributed by atoms with Gasteiger partial charge in [0.15, 0.2) is 5.96 Å². The Morgan fingerprint density at radius 2 is 0.973 bits per heavy atom. The van der Waals surface area contributed by atoms with Crippen LogP contribution in [-0.2, 0) is 64.0 Å². The minimum absolute atomic E-state index is 0.0276. The van der Waals surface area contributed by atoms with Crippen molar-refractivity contribution < 1.29 is 67.7 Å². The molecular formula is C46H74N14O14S. The summed E-state index contributed by atoms with van der Waals surface area (Å²) in [6.45, 7) is 7.62. The first kappa shape index (κ1) is 65.5. The fraction of sp³-hybridized carbons (Fsp3) is 0.587. The van der Waals surface area contributed by atoms with Crippen molar-refractivity contribution in [2.75, 3.05) is 18.6 Å². The van der Waals surface area contributed by atoms with E-state index in [1.54, 1.807) is 50.4 Å². The van der Waals surface area contributed by atoms with E-state index >= 15 is 0 Å². The highest BCUT2D eigenvalue weighted by molar-refractivity contribution is 7.98. The normalized spacial score (nSPS) is 14.6. The molecule has 0 aliphatic heterocycles. The molecule has 0 bridgehead atoms. The zero-order valence-corrected chi connectivity index (χ0v) is 43.7. The van der Waals surface area contributed by atoms with Gasteiger partial charge in [-0.15, -0.1) is 0 Å². The van der Waals surface area contributed by atoms with Crippen LogP contribution >= 0.6 is 11.8 Å². The third kappa shape index (κ3) is 25.3. The highest BCUT2D eigenvalue weighted by Gasteiger charge is 2.36. The first-order valence-electron chi connectivity index (χ1n) is 23.9. The first-order chi connectivity index (χ1) is 35.1. The minimum Gasteiger partial charge on any atom is -0.481 e. The number of thioether (sulfide) groups is 1. The lowest BCUT2D eigenvalue weighted by atomic mass is 10.00. The summed E-state index contributed by atoms with van der Waals surface area (Å²) in [6, 6.07) is -4.74. The molecule has 10 amide bonds. The van der Waals surface area contributed by atoms with Gasteiger partial charge >= 0.3 is 11.9 Å². The summed E-state index contributed by atoms with van der Waals surface area (Å²) in [7, 11) is 0. The largest absolute Gasteiger partial charge is 0.481 e. The molecule has 28 nitrogen and oxygen atoms in total. The van der Waals surface area contributed by atoms with Gasteiger partial charge in [-0.05, 0) is 62.0 Å². The van der Waals surface area contributed by atoms with E-state index in [2.05, 4.69) is 42.2 Å². The molecule has 1 aromatic carbocycles. The van der Waals surface area contributed by atoms with Gasteiger partial charge in [-0.1, -0.05) is 58.0 Å². The van der Waals surface area contributed by atoms with E-state index < -0.39 is 156 Å². The maximum atomic E-state index is 14.2. The molecule has 0 unspecified atom stereocenters. The number of amides is 10. The van der Waals surface area contributed by atoms with E-state index in [9.17, 15) is 62.6 Å². The van der Waals surface area contributed by atoms with E-state index in [0.29, 0.717) is 5.56 Å². The summed E-state index contributed by atoms with van der Waals surface area (Å²) in [5, 5.41) is 38.1. The first-order valence-corrected chi connectivity index (χ1v) is 25.3. The van der Waals surface area contributed by atoms with Crippen molar-refractivity contribution in [2.24, 2.45) is 45.5 Å². The number of guanidine groups is 1. The second-order valence-corrected chi connectivity index (χ2v) is 19.1. The van der Waals surface area contributed by atoms with Crippen LogP contribution in [0.1, 0.15) is 85.1 Å². The predicted octanol–water partition coefficient (Wildman–Crippen LogP) is -4.73. The highest BCUT2D eigenvalue weighted by atomic mass is 32.2. The second-order valence-electron chi connectivity index (χ2n) is 18.1. The lowest BCUT2D eigenvalue weighted by Crippen LogP contribution is -2.61. The maximum Gasteiger partial charge on any atom is 0.326 e. The van der Waals surface area contributed by atoms with Crippen LogP contribution in [-0.4, -0.2) is 160 Å². The fourth-order valence-electron chi connectivity index (χ4n) is 6.90. The van der Waals surface area contributed by atoms with Gasteiger partial charge in [-0.25, -0.2) is 4.79 Å². The lowest BCUT2D eigenvalue weighted by Gasteiger charge is -2.28. The number of hydrogen-bond donors (Lipinski definition) is 15. The number of carbonyl (C=O) groups excluding carboxylic acids is 10. The Kier molecular flexibility index (Phi) is 29.1. The number of nitrogens with two attached hydrogens (primary N) is 5. The number of carboxylic acids is 2. The molecule has 0 aromatic heterocycles. The number of aliphatic imine (C=N–C) groups is 1. The lowest BCUT2D eigenvalue weighted by molar-refractivity contribution is -0.147. The van der Waals surface area contributed by atoms with Crippen molar-refractivity contribution in [1.82, 2.24) is 42.5 Å². The van der Waals surface area contributed by atoms with Crippen LogP contribution in [0.4, 0.5) is 0 Å². The van der Waals surface area contributed by atoms with Crippen LogP contribution < -0.4 is 71.2 Å². The average Bonchev–Trinajstić information content (AvgIpc) is 3.31. The Hall–Kier alpha value is -7.56. The Morgan fingerprint density at radius 1 is 0.533 bits per heavy atom. The number of primary amides is 2. The van der Waals surface area contributed by atoms with Crippen molar-refractivity contribution in [2.45, 2.75) is 140 Å². The quantitative estimate of drug-likeness (QED) is 0.0172. The molecule has 0 saturated carbocycles. The van der Waals surface area contributed by atoms with Gasteiger partial charge in [-0.2, -0.15) is 11.8 Å². The molecule has 9 atom stereocenters. The van der Waals surface area contributed by atoms with Crippen molar-refractivity contribution in [3.63, 3.8) is 0 Å². The van der Waals surface area contributed by atoms with Crippen molar-refractivity contribution in [3.05, 3.63) is 35.9 Å². The number of rotatable bonds is 35. The summed E-state index contributed by atoms with van der Waals surface area (Å²) < 4.78 is 0.